The number of ether oxygens (including phenoxy) is 1. The summed E-state index contributed by atoms with van der Waals surface area (Å²) in [5, 5.41) is 3.58. The Kier molecular flexibility index (Phi) is 5.94. The number of nitrogens with one attached hydrogen (secondary N) is 1. The number of rotatable bonds is 4. The standard InChI is InChI=1S/C14H20ClN3O.HI/c1-14(2)7-9(14)8-17-13(16)18-10-4-5-12(19-3)11(15)6-10;/h4-6,9H,7-8H2,1-3H3,(H3,16,17,18);1H. The number of hydrogen-bond donors (Lipinski definition) is 2. The number of aliphatic imine (C=N–C) groups is 1. The van der Waals surface area contributed by atoms with Crippen molar-refractivity contribution in [2.45, 2.75) is 20.3 Å². The Labute approximate surface area is 142 Å². The molecule has 1 atom stereocenters. The molecule has 0 bridgehead atoms. The highest BCUT2D eigenvalue weighted by atomic mass is 127. The van der Waals surface area contributed by atoms with Gasteiger partial charge in [-0.05, 0) is 36.0 Å². The van der Waals surface area contributed by atoms with Gasteiger partial charge in [-0.2, -0.15) is 0 Å². The fourth-order valence-electron chi connectivity index (χ4n) is 2.03. The first-order valence-corrected chi connectivity index (χ1v) is 6.70. The van der Waals surface area contributed by atoms with Gasteiger partial charge in [-0.15, -0.1) is 24.0 Å². The van der Waals surface area contributed by atoms with Gasteiger partial charge >= 0.3 is 0 Å². The summed E-state index contributed by atoms with van der Waals surface area (Å²) in [7, 11) is 1.58. The maximum Gasteiger partial charge on any atom is 0.193 e. The molecule has 0 aliphatic heterocycles. The molecule has 1 aliphatic carbocycles. The van der Waals surface area contributed by atoms with Crippen molar-refractivity contribution in [3.05, 3.63) is 23.2 Å². The lowest BCUT2D eigenvalue weighted by atomic mass is 10.1. The molecule has 0 amide bonds. The van der Waals surface area contributed by atoms with Crippen LogP contribution < -0.4 is 15.8 Å². The summed E-state index contributed by atoms with van der Waals surface area (Å²) in [6.07, 6.45) is 1.22. The number of guanidine groups is 1. The minimum atomic E-state index is 0. The van der Waals surface area contributed by atoms with Gasteiger partial charge in [-0.3, -0.25) is 4.99 Å². The van der Waals surface area contributed by atoms with Gasteiger partial charge in [0, 0.05) is 12.2 Å². The van der Waals surface area contributed by atoms with Crippen LogP contribution in [0.4, 0.5) is 5.69 Å². The molecule has 112 valence electrons. The third-order valence-corrected chi connectivity index (χ3v) is 3.92. The largest absolute Gasteiger partial charge is 0.495 e. The number of anilines is 1. The van der Waals surface area contributed by atoms with Crippen LogP contribution in [0.5, 0.6) is 5.75 Å². The molecule has 20 heavy (non-hydrogen) atoms. The average molecular weight is 410 g/mol. The van der Waals surface area contributed by atoms with E-state index in [-0.39, 0.29) is 24.0 Å². The zero-order valence-corrected chi connectivity index (χ0v) is 15.0. The summed E-state index contributed by atoms with van der Waals surface area (Å²) in [5.74, 6) is 1.71. The average Bonchev–Trinajstić information content (AvgIpc) is 2.95. The Morgan fingerprint density at radius 3 is 2.70 bits per heavy atom. The fraction of sp³-hybridized carbons (Fsp3) is 0.500. The van der Waals surface area contributed by atoms with Crippen molar-refractivity contribution in [1.82, 2.24) is 0 Å². The van der Waals surface area contributed by atoms with E-state index in [1.165, 1.54) is 6.42 Å². The number of halogens is 2. The lowest BCUT2D eigenvalue weighted by Crippen LogP contribution is -2.23. The molecular formula is C14H21ClIN3O. The zero-order chi connectivity index (χ0) is 14.0. The molecule has 1 aromatic rings. The van der Waals surface area contributed by atoms with Gasteiger partial charge in [0.2, 0.25) is 0 Å². The van der Waals surface area contributed by atoms with E-state index < -0.39 is 0 Å². The molecule has 1 fully saturated rings. The van der Waals surface area contributed by atoms with Crippen molar-refractivity contribution in [2.24, 2.45) is 22.1 Å². The predicted molar refractivity (Wildman–Crippen MR) is 95.4 cm³/mol. The quantitative estimate of drug-likeness (QED) is 0.452. The first kappa shape index (κ1) is 17.4. The normalized spacial score (nSPS) is 20.0. The molecule has 1 unspecified atom stereocenters. The van der Waals surface area contributed by atoms with Gasteiger partial charge < -0.3 is 15.8 Å². The second kappa shape index (κ2) is 6.85. The number of benzene rings is 1. The van der Waals surface area contributed by atoms with Crippen LogP contribution in [0, 0.1) is 11.3 Å². The van der Waals surface area contributed by atoms with Crippen LogP contribution in [0.25, 0.3) is 0 Å². The topological polar surface area (TPSA) is 59.6 Å². The molecule has 1 aliphatic rings. The smallest absolute Gasteiger partial charge is 0.193 e. The van der Waals surface area contributed by atoms with E-state index in [4.69, 9.17) is 22.1 Å². The Morgan fingerprint density at radius 2 is 2.20 bits per heavy atom. The minimum absolute atomic E-state index is 0. The molecule has 6 heteroatoms. The summed E-state index contributed by atoms with van der Waals surface area (Å²) in [6, 6.07) is 5.42. The summed E-state index contributed by atoms with van der Waals surface area (Å²) >= 11 is 6.04. The number of methoxy groups -OCH3 is 1. The van der Waals surface area contributed by atoms with Gasteiger partial charge in [0.15, 0.2) is 5.96 Å². The van der Waals surface area contributed by atoms with Crippen LogP contribution in [0.1, 0.15) is 20.3 Å². The van der Waals surface area contributed by atoms with Crippen molar-refractivity contribution < 1.29 is 4.74 Å². The molecule has 1 saturated carbocycles. The molecule has 2 rings (SSSR count). The van der Waals surface area contributed by atoms with Gasteiger partial charge in [-0.1, -0.05) is 25.4 Å². The van der Waals surface area contributed by atoms with Crippen molar-refractivity contribution >= 4 is 47.2 Å². The molecule has 0 aromatic heterocycles. The van der Waals surface area contributed by atoms with Crippen molar-refractivity contribution in [3.63, 3.8) is 0 Å². The lowest BCUT2D eigenvalue weighted by Gasteiger charge is -2.08. The van der Waals surface area contributed by atoms with E-state index in [0.717, 1.165) is 12.2 Å². The molecule has 1 aromatic carbocycles. The van der Waals surface area contributed by atoms with Gasteiger partial charge in [-0.25, -0.2) is 0 Å². The SMILES string of the molecule is COc1ccc(NC(N)=NCC2CC2(C)C)cc1Cl.I. The number of nitrogens with two attached hydrogens (primary N) is 1. The van der Waals surface area contributed by atoms with Gasteiger partial charge in [0.25, 0.3) is 0 Å². The predicted octanol–water partition coefficient (Wildman–Crippen LogP) is 3.74. The molecule has 3 N–H and O–H groups in total. The Bertz CT molecular complexity index is 505. The van der Waals surface area contributed by atoms with E-state index in [0.29, 0.717) is 28.1 Å². The Balaban J connectivity index is 0.00000200. The van der Waals surface area contributed by atoms with Gasteiger partial charge in [0.1, 0.15) is 5.75 Å². The molecule has 0 radical (unpaired) electrons. The second-order valence-corrected chi connectivity index (χ2v) is 6.00. The number of nitrogens with zero attached hydrogens (tertiary/aromatic N) is 1. The minimum Gasteiger partial charge on any atom is -0.495 e. The lowest BCUT2D eigenvalue weighted by molar-refractivity contribution is 0.415. The summed E-state index contributed by atoms with van der Waals surface area (Å²) in [5.41, 5.74) is 7.09. The molecule has 0 saturated heterocycles. The van der Waals surface area contributed by atoms with Crippen LogP contribution in [-0.4, -0.2) is 19.6 Å². The maximum atomic E-state index is 6.04. The Morgan fingerprint density at radius 1 is 1.55 bits per heavy atom. The van der Waals surface area contributed by atoms with Crippen molar-refractivity contribution in [3.8, 4) is 5.75 Å². The van der Waals surface area contributed by atoms with Crippen LogP contribution >= 0.6 is 35.6 Å². The van der Waals surface area contributed by atoms with Crippen molar-refractivity contribution in [2.75, 3.05) is 19.0 Å². The third-order valence-electron chi connectivity index (χ3n) is 3.62. The maximum absolute atomic E-state index is 6.04. The highest BCUT2D eigenvalue weighted by Gasteiger charge is 2.45. The molecule has 4 nitrogen and oxygen atoms in total. The van der Waals surface area contributed by atoms with E-state index in [2.05, 4.69) is 24.2 Å². The summed E-state index contributed by atoms with van der Waals surface area (Å²) < 4.78 is 5.09. The van der Waals surface area contributed by atoms with E-state index >= 15 is 0 Å². The fourth-order valence-corrected chi connectivity index (χ4v) is 2.29. The summed E-state index contributed by atoms with van der Waals surface area (Å²) in [6.45, 7) is 5.27. The second-order valence-electron chi connectivity index (χ2n) is 5.59. The zero-order valence-electron chi connectivity index (χ0n) is 11.9. The number of hydrogen-bond acceptors (Lipinski definition) is 2. The monoisotopic (exact) mass is 409 g/mol. The van der Waals surface area contributed by atoms with Crippen LogP contribution in [0.3, 0.4) is 0 Å². The highest BCUT2D eigenvalue weighted by Crippen LogP contribution is 2.51. The third kappa shape index (κ3) is 4.41. The molecule has 0 heterocycles. The first-order chi connectivity index (χ1) is 8.92. The molecule has 0 spiro atoms. The van der Waals surface area contributed by atoms with Gasteiger partial charge in [0.05, 0.1) is 12.1 Å². The van der Waals surface area contributed by atoms with Crippen LogP contribution in [0.2, 0.25) is 5.02 Å². The van der Waals surface area contributed by atoms with E-state index in [1.54, 1.807) is 19.2 Å². The highest BCUT2D eigenvalue weighted by molar-refractivity contribution is 14.0. The van der Waals surface area contributed by atoms with E-state index in [9.17, 15) is 0 Å². The molecular weight excluding hydrogens is 389 g/mol. The van der Waals surface area contributed by atoms with E-state index in [1.807, 2.05) is 6.07 Å². The Hall–Kier alpha value is -0.690. The van der Waals surface area contributed by atoms with Crippen molar-refractivity contribution in [1.29, 1.82) is 0 Å². The first-order valence-electron chi connectivity index (χ1n) is 6.33. The van der Waals surface area contributed by atoms with Crippen LogP contribution in [-0.2, 0) is 0 Å². The van der Waals surface area contributed by atoms with Crippen LogP contribution in [0.15, 0.2) is 23.2 Å². The summed E-state index contributed by atoms with van der Waals surface area (Å²) in [4.78, 5) is 4.36.